The van der Waals surface area contributed by atoms with Crippen LogP contribution in [-0.2, 0) is 9.53 Å². The molecule has 0 aliphatic rings. The lowest BCUT2D eigenvalue weighted by Gasteiger charge is -2.16. The number of amides is 1. The second kappa shape index (κ2) is 9.43. The number of hydrogen-bond donors (Lipinski definition) is 2. The Morgan fingerprint density at radius 3 is 2.27 bits per heavy atom. The Morgan fingerprint density at radius 1 is 1.04 bits per heavy atom. The van der Waals surface area contributed by atoms with Gasteiger partial charge in [0.15, 0.2) is 17.5 Å². The molecule has 1 unspecified atom stereocenters. The standard InChI is InChI=1S/C19H21NO6/c1-3-25-16-10-6-7-11-17(16)26-15-9-5-4-8-13(15)18(21)20-14(12-24-2)19(22)23/h4-11,14H,3,12H2,1-2H3,(H,20,21)(H,22,23). The Kier molecular flexibility index (Phi) is 6.99. The fourth-order valence-corrected chi connectivity index (χ4v) is 2.25. The van der Waals surface area contributed by atoms with Gasteiger partial charge in [-0.05, 0) is 31.2 Å². The summed E-state index contributed by atoms with van der Waals surface area (Å²) in [5.41, 5.74) is 0.209. The summed E-state index contributed by atoms with van der Waals surface area (Å²) in [5.74, 6) is -0.452. The fraction of sp³-hybridized carbons (Fsp3) is 0.263. The predicted octanol–water partition coefficient (Wildman–Crippen LogP) is 2.71. The lowest BCUT2D eigenvalue weighted by molar-refractivity contribution is -0.140. The molecule has 26 heavy (non-hydrogen) atoms. The first-order valence-electron chi connectivity index (χ1n) is 8.08. The van der Waals surface area contributed by atoms with Crippen molar-refractivity contribution in [2.24, 2.45) is 0 Å². The molecule has 2 aromatic rings. The van der Waals surface area contributed by atoms with Crippen LogP contribution in [0.15, 0.2) is 48.5 Å². The zero-order valence-corrected chi connectivity index (χ0v) is 14.6. The van der Waals surface area contributed by atoms with Gasteiger partial charge >= 0.3 is 5.97 Å². The van der Waals surface area contributed by atoms with Gasteiger partial charge in [-0.15, -0.1) is 0 Å². The minimum Gasteiger partial charge on any atom is -0.490 e. The van der Waals surface area contributed by atoms with Crippen molar-refractivity contribution in [1.29, 1.82) is 0 Å². The van der Waals surface area contributed by atoms with Gasteiger partial charge in [-0.3, -0.25) is 4.79 Å². The molecule has 2 N–H and O–H groups in total. The van der Waals surface area contributed by atoms with Gasteiger partial charge in [-0.25, -0.2) is 4.79 Å². The van der Waals surface area contributed by atoms with Crippen LogP contribution in [0, 0.1) is 0 Å². The third-order valence-corrected chi connectivity index (χ3v) is 3.44. The minimum absolute atomic E-state index is 0.142. The van der Waals surface area contributed by atoms with E-state index in [9.17, 15) is 9.59 Å². The first kappa shape index (κ1) is 19.3. The SMILES string of the molecule is CCOc1ccccc1Oc1ccccc1C(=O)NC(COC)C(=O)O. The summed E-state index contributed by atoms with van der Waals surface area (Å²) in [6.45, 7) is 2.19. The highest BCUT2D eigenvalue weighted by Crippen LogP contribution is 2.32. The van der Waals surface area contributed by atoms with Gasteiger partial charge in [0.05, 0.1) is 18.8 Å². The van der Waals surface area contributed by atoms with Crippen molar-refractivity contribution < 1.29 is 28.9 Å². The number of ether oxygens (including phenoxy) is 3. The second-order valence-corrected chi connectivity index (χ2v) is 5.30. The Hall–Kier alpha value is -3.06. The molecule has 0 fully saturated rings. The molecule has 0 bridgehead atoms. The average molecular weight is 359 g/mol. The summed E-state index contributed by atoms with van der Waals surface area (Å²) in [6, 6.07) is 12.5. The molecule has 7 nitrogen and oxygen atoms in total. The van der Waals surface area contributed by atoms with Crippen LogP contribution in [0.4, 0.5) is 0 Å². The highest BCUT2D eigenvalue weighted by Gasteiger charge is 2.22. The molecule has 138 valence electrons. The van der Waals surface area contributed by atoms with Crippen molar-refractivity contribution in [3.63, 3.8) is 0 Å². The number of rotatable bonds is 9. The third kappa shape index (κ3) is 4.97. The second-order valence-electron chi connectivity index (χ2n) is 5.30. The van der Waals surface area contributed by atoms with Crippen molar-refractivity contribution in [3.05, 3.63) is 54.1 Å². The van der Waals surface area contributed by atoms with Gasteiger partial charge in [0.25, 0.3) is 5.91 Å². The number of carbonyl (C=O) groups excluding carboxylic acids is 1. The van der Waals surface area contributed by atoms with Gasteiger partial charge < -0.3 is 24.6 Å². The molecule has 0 aliphatic heterocycles. The topological polar surface area (TPSA) is 94.1 Å². The Morgan fingerprint density at radius 2 is 1.65 bits per heavy atom. The van der Waals surface area contributed by atoms with Crippen LogP contribution in [-0.4, -0.2) is 43.3 Å². The molecular formula is C19H21NO6. The molecule has 0 aliphatic carbocycles. The number of aliphatic carboxylic acids is 1. The number of hydrogen-bond acceptors (Lipinski definition) is 5. The van der Waals surface area contributed by atoms with E-state index < -0.39 is 17.9 Å². The van der Waals surface area contributed by atoms with Gasteiger partial charge in [0.2, 0.25) is 0 Å². The summed E-state index contributed by atoms with van der Waals surface area (Å²) < 4.78 is 16.2. The number of methoxy groups -OCH3 is 1. The van der Waals surface area contributed by atoms with Crippen LogP contribution < -0.4 is 14.8 Å². The van der Waals surface area contributed by atoms with E-state index in [1.807, 2.05) is 13.0 Å². The summed E-state index contributed by atoms with van der Waals surface area (Å²) in [5, 5.41) is 11.6. The van der Waals surface area contributed by atoms with Crippen molar-refractivity contribution in [2.75, 3.05) is 20.3 Å². The molecule has 2 rings (SSSR count). The predicted molar refractivity (Wildman–Crippen MR) is 94.9 cm³/mol. The minimum atomic E-state index is -1.18. The number of para-hydroxylation sites is 3. The zero-order chi connectivity index (χ0) is 18.9. The molecule has 2 aromatic carbocycles. The van der Waals surface area contributed by atoms with Gasteiger partial charge in [-0.1, -0.05) is 24.3 Å². The van der Waals surface area contributed by atoms with Gasteiger partial charge in [-0.2, -0.15) is 0 Å². The molecule has 0 spiro atoms. The van der Waals surface area contributed by atoms with E-state index in [1.54, 1.807) is 42.5 Å². The van der Waals surface area contributed by atoms with Crippen molar-refractivity contribution in [1.82, 2.24) is 5.32 Å². The molecular weight excluding hydrogens is 338 g/mol. The monoisotopic (exact) mass is 359 g/mol. The van der Waals surface area contributed by atoms with Crippen LogP contribution >= 0.6 is 0 Å². The van der Waals surface area contributed by atoms with E-state index in [0.717, 1.165) is 0 Å². The van der Waals surface area contributed by atoms with Crippen molar-refractivity contribution in [3.8, 4) is 17.2 Å². The number of carboxylic acids is 1. The maximum Gasteiger partial charge on any atom is 0.328 e. The smallest absolute Gasteiger partial charge is 0.328 e. The van der Waals surface area contributed by atoms with Gasteiger partial charge in [0, 0.05) is 7.11 Å². The van der Waals surface area contributed by atoms with E-state index in [-0.39, 0.29) is 12.2 Å². The first-order chi connectivity index (χ1) is 12.6. The number of nitrogens with one attached hydrogen (secondary N) is 1. The first-order valence-corrected chi connectivity index (χ1v) is 8.08. The van der Waals surface area contributed by atoms with Gasteiger partial charge in [0.1, 0.15) is 5.75 Å². The number of benzene rings is 2. The lowest BCUT2D eigenvalue weighted by Crippen LogP contribution is -2.43. The molecule has 7 heteroatoms. The highest BCUT2D eigenvalue weighted by molar-refractivity contribution is 5.99. The Bertz CT molecular complexity index is 761. The van der Waals surface area contributed by atoms with E-state index in [1.165, 1.54) is 7.11 Å². The molecule has 0 heterocycles. The molecule has 1 amide bonds. The number of carbonyl (C=O) groups is 2. The average Bonchev–Trinajstić information content (AvgIpc) is 2.63. The number of carboxylic acid groups (broad SMARTS) is 1. The maximum absolute atomic E-state index is 12.5. The largest absolute Gasteiger partial charge is 0.490 e. The van der Waals surface area contributed by atoms with Crippen LogP contribution in [0.1, 0.15) is 17.3 Å². The molecule has 0 saturated carbocycles. The van der Waals surface area contributed by atoms with Crippen molar-refractivity contribution in [2.45, 2.75) is 13.0 Å². The van der Waals surface area contributed by atoms with Crippen LogP contribution in [0.3, 0.4) is 0 Å². The van der Waals surface area contributed by atoms with Crippen LogP contribution in [0.2, 0.25) is 0 Å². The normalized spacial score (nSPS) is 11.5. The Labute approximate surface area is 151 Å². The molecule has 1 atom stereocenters. The quantitative estimate of drug-likeness (QED) is 0.715. The zero-order valence-electron chi connectivity index (χ0n) is 14.6. The van der Waals surface area contributed by atoms with E-state index in [4.69, 9.17) is 19.3 Å². The van der Waals surface area contributed by atoms with Crippen molar-refractivity contribution >= 4 is 11.9 Å². The summed E-state index contributed by atoms with van der Waals surface area (Å²) in [7, 11) is 1.36. The van der Waals surface area contributed by atoms with E-state index in [0.29, 0.717) is 23.9 Å². The van der Waals surface area contributed by atoms with E-state index in [2.05, 4.69) is 5.32 Å². The molecule has 0 radical (unpaired) electrons. The maximum atomic E-state index is 12.5. The molecule has 0 saturated heterocycles. The lowest BCUT2D eigenvalue weighted by atomic mass is 10.1. The summed E-state index contributed by atoms with van der Waals surface area (Å²) >= 11 is 0. The molecule has 0 aromatic heterocycles. The summed E-state index contributed by atoms with van der Waals surface area (Å²) in [4.78, 5) is 23.7. The van der Waals surface area contributed by atoms with Crippen LogP contribution in [0.25, 0.3) is 0 Å². The van der Waals surface area contributed by atoms with Crippen LogP contribution in [0.5, 0.6) is 17.2 Å². The summed E-state index contributed by atoms with van der Waals surface area (Å²) in [6.07, 6.45) is 0. The van der Waals surface area contributed by atoms with E-state index >= 15 is 0 Å². The highest BCUT2D eigenvalue weighted by atomic mass is 16.5. The fourth-order valence-electron chi connectivity index (χ4n) is 2.25. The third-order valence-electron chi connectivity index (χ3n) is 3.44. The Balaban J connectivity index is 2.25.